The molecule has 3 rings (SSSR count). The van der Waals surface area contributed by atoms with Gasteiger partial charge >= 0.3 is 41.9 Å². The van der Waals surface area contributed by atoms with E-state index in [1.54, 1.807) is 66.7 Å². The van der Waals surface area contributed by atoms with Crippen molar-refractivity contribution in [1.82, 2.24) is 0 Å². The van der Waals surface area contributed by atoms with E-state index in [1.807, 2.05) is 13.0 Å². The van der Waals surface area contributed by atoms with Crippen LogP contribution in [-0.4, -0.2) is 34.6 Å². The molecule has 3 aromatic carbocycles. The molecule has 10 heteroatoms. The number of aryl methyl sites for hydroxylation is 1. The summed E-state index contributed by atoms with van der Waals surface area (Å²) >= 11 is 4.25. The van der Waals surface area contributed by atoms with E-state index in [9.17, 15) is 18.0 Å². The minimum absolute atomic E-state index is 0.00208. The number of esters is 2. The van der Waals surface area contributed by atoms with E-state index in [0.29, 0.717) is 11.1 Å². The van der Waals surface area contributed by atoms with Crippen LogP contribution in [0.25, 0.3) is 4.72 Å². The molecule has 0 aliphatic carbocycles. The van der Waals surface area contributed by atoms with E-state index in [0.717, 1.165) is 5.56 Å². The second-order valence-corrected chi connectivity index (χ2v) is 9.90. The van der Waals surface area contributed by atoms with Crippen molar-refractivity contribution in [3.63, 3.8) is 0 Å². The van der Waals surface area contributed by atoms with Gasteiger partial charge in [0.05, 0.1) is 26.1 Å². The average Bonchev–Trinajstić information content (AvgIpc) is 2.93. The minimum atomic E-state index is -4.22. The van der Waals surface area contributed by atoms with Gasteiger partial charge in [0.25, 0.3) is 0 Å². The van der Waals surface area contributed by atoms with Crippen molar-refractivity contribution in [2.75, 3.05) is 14.2 Å². The Balaban J connectivity index is 0.00000235. The Morgan fingerprint density at radius 2 is 1.43 bits per heavy atom. The molecule has 0 saturated heterocycles. The van der Waals surface area contributed by atoms with Crippen LogP contribution in [0.15, 0.2) is 89.8 Å². The summed E-state index contributed by atoms with van der Waals surface area (Å²) in [6.07, 6.45) is -0.431. The topological polar surface area (TPSA) is 101 Å². The Morgan fingerprint density at radius 1 is 0.892 bits per heavy atom. The van der Waals surface area contributed by atoms with Crippen LogP contribution in [-0.2, 0) is 51.8 Å². The Kier molecular flexibility index (Phi) is 12.1. The molecule has 0 N–H and O–H groups in total. The number of nitrogens with zero attached hydrogens (tertiary/aromatic N) is 1. The van der Waals surface area contributed by atoms with Crippen molar-refractivity contribution in [1.29, 1.82) is 0 Å². The third-order valence-corrected chi connectivity index (χ3v) is 7.20. The van der Waals surface area contributed by atoms with Gasteiger partial charge in [0.2, 0.25) is 0 Å². The molecule has 0 aliphatic heterocycles. The fourth-order valence-electron chi connectivity index (χ4n) is 4.03. The van der Waals surface area contributed by atoms with Crippen molar-refractivity contribution in [2.24, 2.45) is 5.41 Å². The summed E-state index contributed by atoms with van der Waals surface area (Å²) in [4.78, 5) is 26.1. The van der Waals surface area contributed by atoms with Crippen LogP contribution in [0.4, 0.5) is 0 Å². The zero-order valence-electron chi connectivity index (χ0n) is 21.0. The molecule has 0 aliphatic rings. The van der Waals surface area contributed by atoms with Gasteiger partial charge in [-0.25, -0.2) is 8.42 Å². The van der Waals surface area contributed by atoms with E-state index >= 15 is 0 Å². The fourth-order valence-corrected chi connectivity index (χ4v) is 5.23. The molecular formula is C27H28BrNO6SZn. The molecule has 0 radical (unpaired) electrons. The standard InChI is InChI=1S/C27H28NO6S.BrH.Zn/c1-20-14-16-23(17-15-20)35(31,32)28-25(22-12-8-5-9-13-22)27(26(30)34-3,19-24(29)33-2)18-21-10-6-4-7-11-21;;/h4-17,25H,18-19H2,1-3H3;1H;/q-1;;+2/p-1. The Bertz CT molecular complexity index is 1260. The van der Waals surface area contributed by atoms with Crippen LogP contribution >= 0.6 is 13.6 Å². The second-order valence-electron chi connectivity index (χ2n) is 8.27. The van der Waals surface area contributed by atoms with Crippen molar-refractivity contribution < 1.29 is 43.8 Å². The van der Waals surface area contributed by atoms with Gasteiger partial charge in [-0.05, 0) is 31.0 Å². The number of carbonyl (C=O) groups excluding carboxylic acids is 2. The molecule has 192 valence electrons. The average molecular weight is 640 g/mol. The maximum atomic E-state index is 13.5. The quantitative estimate of drug-likeness (QED) is 0.211. The van der Waals surface area contributed by atoms with Gasteiger partial charge in [0.1, 0.15) is 10.0 Å². The van der Waals surface area contributed by atoms with E-state index in [4.69, 9.17) is 9.47 Å². The zero-order valence-corrected chi connectivity index (χ0v) is 26.3. The summed E-state index contributed by atoms with van der Waals surface area (Å²) in [7, 11) is -1.80. The number of rotatable bonds is 10. The summed E-state index contributed by atoms with van der Waals surface area (Å²) in [5.41, 5.74) is 0.365. The Hall–Kier alpha value is -2.39. The van der Waals surface area contributed by atoms with Crippen molar-refractivity contribution in [2.45, 2.75) is 30.7 Å². The van der Waals surface area contributed by atoms with Crippen LogP contribution in [0.5, 0.6) is 0 Å². The van der Waals surface area contributed by atoms with Crippen LogP contribution in [0.3, 0.4) is 0 Å². The number of hydrogen-bond acceptors (Lipinski definition) is 6. The first-order valence-corrected chi connectivity index (χ1v) is 19.7. The molecule has 0 amide bonds. The van der Waals surface area contributed by atoms with Gasteiger partial charge in [-0.15, -0.1) is 0 Å². The first kappa shape index (κ1) is 30.8. The predicted octanol–water partition coefficient (Wildman–Crippen LogP) is 5.61. The third-order valence-electron chi connectivity index (χ3n) is 5.84. The van der Waals surface area contributed by atoms with Crippen LogP contribution in [0.2, 0.25) is 0 Å². The van der Waals surface area contributed by atoms with E-state index in [1.165, 1.54) is 42.7 Å². The molecule has 2 unspecified atom stereocenters. The molecule has 0 saturated carbocycles. The third kappa shape index (κ3) is 8.05. The molecule has 0 bridgehead atoms. The Labute approximate surface area is 235 Å². The molecule has 3 aromatic rings. The SMILES string of the molecule is COC(=O)CC(Cc1ccccc1)(C(=O)OC)C([N-]S(=O)(=O)c1ccc(C)cc1)c1ccccc1.[Zn+][Br]. The van der Waals surface area contributed by atoms with Gasteiger partial charge in [-0.3, -0.25) is 9.59 Å². The van der Waals surface area contributed by atoms with E-state index in [2.05, 4.69) is 18.3 Å². The van der Waals surface area contributed by atoms with Crippen LogP contribution in [0.1, 0.15) is 29.2 Å². The molecule has 0 aromatic heterocycles. The predicted molar refractivity (Wildman–Crippen MR) is 141 cm³/mol. The number of ether oxygens (including phenoxy) is 2. The number of hydrogen-bond donors (Lipinski definition) is 0. The molecule has 37 heavy (non-hydrogen) atoms. The number of sulfonamides is 1. The van der Waals surface area contributed by atoms with Crippen LogP contribution in [0, 0.1) is 12.3 Å². The monoisotopic (exact) mass is 637 g/mol. The van der Waals surface area contributed by atoms with Gasteiger partial charge < -0.3 is 14.2 Å². The van der Waals surface area contributed by atoms with Gasteiger partial charge in [0, 0.05) is 4.90 Å². The van der Waals surface area contributed by atoms with Crippen molar-refractivity contribution in [3.8, 4) is 0 Å². The second kappa shape index (κ2) is 14.5. The number of benzene rings is 3. The van der Waals surface area contributed by atoms with Crippen molar-refractivity contribution in [3.05, 3.63) is 106 Å². The first-order chi connectivity index (χ1) is 17.7. The van der Waals surface area contributed by atoms with Crippen LogP contribution < -0.4 is 0 Å². The molecule has 0 fully saturated rings. The number of methoxy groups -OCH3 is 2. The summed E-state index contributed by atoms with van der Waals surface area (Å²) in [5, 5.41) is 0. The molecule has 0 heterocycles. The number of carbonyl (C=O) groups is 2. The Morgan fingerprint density at radius 3 is 1.95 bits per heavy atom. The summed E-state index contributed by atoms with van der Waals surface area (Å²) < 4.78 is 41.3. The molecular weight excluding hydrogens is 612 g/mol. The molecule has 0 spiro atoms. The summed E-state index contributed by atoms with van der Waals surface area (Å²) in [6.45, 7) is 1.85. The van der Waals surface area contributed by atoms with Gasteiger partial charge in [-0.2, -0.15) is 0 Å². The zero-order chi connectivity index (χ0) is 27.5. The summed E-state index contributed by atoms with van der Waals surface area (Å²) in [6, 6.07) is 22.6. The first-order valence-electron chi connectivity index (χ1n) is 11.3. The number of halogens is 1. The van der Waals surface area contributed by atoms with Crippen molar-refractivity contribution >= 4 is 35.6 Å². The normalized spacial score (nSPS) is 13.4. The molecule has 2 atom stereocenters. The fraction of sp³-hybridized carbons (Fsp3) is 0.259. The van der Waals surface area contributed by atoms with E-state index < -0.39 is 39.8 Å². The summed E-state index contributed by atoms with van der Waals surface area (Å²) in [5.74, 6) is -1.45. The molecule has 7 nitrogen and oxygen atoms in total. The van der Waals surface area contributed by atoms with Gasteiger partial charge in [-0.1, -0.05) is 90.0 Å². The maximum absolute atomic E-state index is 13.5. The van der Waals surface area contributed by atoms with E-state index in [-0.39, 0.29) is 11.3 Å². The van der Waals surface area contributed by atoms with Gasteiger partial charge in [0.15, 0.2) is 0 Å².